The van der Waals surface area contributed by atoms with E-state index >= 15 is 0 Å². The van der Waals surface area contributed by atoms with Gasteiger partial charge in [-0.05, 0) is 70.5 Å². The lowest BCUT2D eigenvalue weighted by Gasteiger charge is -2.23. The molecule has 0 aliphatic carbocycles. The van der Waals surface area contributed by atoms with Gasteiger partial charge in [0, 0.05) is 12.1 Å². The quantitative estimate of drug-likeness (QED) is 0.387. The molecule has 0 bridgehead atoms. The minimum absolute atomic E-state index is 0.00652. The van der Waals surface area contributed by atoms with Gasteiger partial charge in [0.15, 0.2) is 0 Å². The number of nitrogens with zero attached hydrogens (tertiary/aromatic N) is 1. The summed E-state index contributed by atoms with van der Waals surface area (Å²) in [6, 6.07) is 7.82. The minimum atomic E-state index is -0.823. The van der Waals surface area contributed by atoms with Gasteiger partial charge in [0.1, 0.15) is 29.1 Å². The van der Waals surface area contributed by atoms with Crippen LogP contribution in [0.5, 0.6) is 5.75 Å². The minimum Gasteiger partial charge on any atom is -0.507 e. The Bertz CT molecular complexity index is 1000. The van der Waals surface area contributed by atoms with Crippen molar-refractivity contribution < 1.29 is 28.6 Å². The summed E-state index contributed by atoms with van der Waals surface area (Å²) in [6.07, 6.45) is -0.00652. The van der Waals surface area contributed by atoms with E-state index in [4.69, 9.17) is 13.9 Å². The number of hydrogen-bond acceptors (Lipinski definition) is 6. The first kappa shape index (κ1) is 22.6. The van der Waals surface area contributed by atoms with E-state index in [1.165, 1.54) is 4.90 Å². The van der Waals surface area contributed by atoms with Gasteiger partial charge < -0.3 is 23.9 Å². The number of furan rings is 1. The second kappa shape index (κ2) is 9.39. The van der Waals surface area contributed by atoms with Crippen molar-refractivity contribution in [3.63, 3.8) is 0 Å². The van der Waals surface area contributed by atoms with Gasteiger partial charge in [-0.3, -0.25) is 9.59 Å². The Balaban J connectivity index is 2.06. The lowest BCUT2D eigenvalue weighted by atomic mass is 9.98. The topological polar surface area (TPSA) is 89.2 Å². The maximum atomic E-state index is 13.0. The highest BCUT2D eigenvalue weighted by Crippen LogP contribution is 2.40. The third-order valence-electron chi connectivity index (χ3n) is 5.10. The number of carbonyl (C=O) groups excluding carboxylic acids is 2. The summed E-state index contributed by atoms with van der Waals surface area (Å²) in [7, 11) is 0. The number of amides is 1. The van der Waals surface area contributed by atoms with E-state index in [0.29, 0.717) is 29.4 Å². The predicted molar refractivity (Wildman–Crippen MR) is 116 cm³/mol. The fourth-order valence-corrected chi connectivity index (χ4v) is 3.66. The summed E-state index contributed by atoms with van der Waals surface area (Å²) < 4.78 is 16.9. The van der Waals surface area contributed by atoms with E-state index in [1.54, 1.807) is 37.3 Å². The number of Topliss-reactive ketones (excluding diaryl/α,β-unsaturated/α-hetero) is 1. The smallest absolute Gasteiger partial charge is 0.295 e. The highest BCUT2D eigenvalue weighted by atomic mass is 16.5. The molecule has 31 heavy (non-hydrogen) atoms. The summed E-state index contributed by atoms with van der Waals surface area (Å²) in [5.41, 5.74) is 1.26. The van der Waals surface area contributed by atoms with Gasteiger partial charge >= 0.3 is 0 Å². The van der Waals surface area contributed by atoms with Crippen LogP contribution in [0.3, 0.4) is 0 Å². The van der Waals surface area contributed by atoms with E-state index in [2.05, 4.69) is 0 Å². The van der Waals surface area contributed by atoms with Crippen LogP contribution in [-0.4, -0.2) is 47.6 Å². The Morgan fingerprint density at radius 1 is 1.19 bits per heavy atom. The number of aryl methyl sites for hydroxylation is 2. The van der Waals surface area contributed by atoms with E-state index in [9.17, 15) is 14.7 Å². The van der Waals surface area contributed by atoms with Crippen LogP contribution in [0.2, 0.25) is 0 Å². The van der Waals surface area contributed by atoms with Crippen molar-refractivity contribution in [2.45, 2.75) is 46.8 Å². The molecule has 1 aliphatic heterocycles. The van der Waals surface area contributed by atoms with Gasteiger partial charge in [0.2, 0.25) is 0 Å². The van der Waals surface area contributed by atoms with Crippen LogP contribution in [0.15, 0.2) is 40.3 Å². The van der Waals surface area contributed by atoms with E-state index < -0.39 is 17.7 Å². The van der Waals surface area contributed by atoms with Gasteiger partial charge in [-0.25, -0.2) is 0 Å². The van der Waals surface area contributed by atoms with Crippen molar-refractivity contribution in [2.75, 3.05) is 19.8 Å². The molecule has 2 aromatic rings. The van der Waals surface area contributed by atoms with Gasteiger partial charge in [0.25, 0.3) is 11.7 Å². The highest BCUT2D eigenvalue weighted by molar-refractivity contribution is 6.46. The first-order valence-electron chi connectivity index (χ1n) is 10.4. The van der Waals surface area contributed by atoms with Crippen LogP contribution in [-0.2, 0) is 14.3 Å². The van der Waals surface area contributed by atoms with Crippen LogP contribution in [0.25, 0.3) is 5.76 Å². The van der Waals surface area contributed by atoms with E-state index in [-0.39, 0.29) is 30.6 Å². The normalized spacial score (nSPS) is 18.3. The van der Waals surface area contributed by atoms with Gasteiger partial charge in [-0.2, -0.15) is 0 Å². The van der Waals surface area contributed by atoms with Crippen molar-refractivity contribution in [2.24, 2.45) is 0 Å². The molecule has 7 heteroatoms. The molecule has 0 radical (unpaired) electrons. The van der Waals surface area contributed by atoms with Crippen LogP contribution in [0, 0.1) is 13.8 Å². The first-order valence-corrected chi connectivity index (χ1v) is 10.4. The highest BCUT2D eigenvalue weighted by Gasteiger charge is 2.47. The molecule has 7 nitrogen and oxygen atoms in total. The number of ketones is 1. The van der Waals surface area contributed by atoms with Gasteiger partial charge in [0.05, 0.1) is 24.9 Å². The maximum Gasteiger partial charge on any atom is 0.295 e. The third-order valence-corrected chi connectivity index (χ3v) is 5.10. The summed E-state index contributed by atoms with van der Waals surface area (Å²) >= 11 is 0. The van der Waals surface area contributed by atoms with Gasteiger partial charge in [-0.15, -0.1) is 0 Å². The van der Waals surface area contributed by atoms with Crippen molar-refractivity contribution in [1.82, 2.24) is 4.90 Å². The summed E-state index contributed by atoms with van der Waals surface area (Å²) in [4.78, 5) is 27.2. The Hall–Kier alpha value is -3.06. The third kappa shape index (κ3) is 4.66. The summed E-state index contributed by atoms with van der Waals surface area (Å²) in [6.45, 7) is 10.3. The average molecular weight is 427 g/mol. The molecule has 1 saturated heterocycles. The number of rotatable bonds is 8. The molecule has 1 fully saturated rings. The van der Waals surface area contributed by atoms with Crippen molar-refractivity contribution >= 4 is 17.4 Å². The Morgan fingerprint density at radius 3 is 2.52 bits per heavy atom. The zero-order chi connectivity index (χ0) is 22.7. The number of carbonyl (C=O) groups is 2. The molecule has 1 N–H and O–H groups in total. The molecule has 166 valence electrons. The van der Waals surface area contributed by atoms with Crippen molar-refractivity contribution in [3.05, 3.63) is 58.6 Å². The zero-order valence-electron chi connectivity index (χ0n) is 18.6. The van der Waals surface area contributed by atoms with Crippen LogP contribution in [0.1, 0.15) is 49.5 Å². The molecular formula is C24H29NO6. The first-order chi connectivity index (χ1) is 14.7. The van der Waals surface area contributed by atoms with E-state index in [0.717, 1.165) is 5.56 Å². The van der Waals surface area contributed by atoms with Gasteiger partial charge in [-0.1, -0.05) is 0 Å². The summed E-state index contributed by atoms with van der Waals surface area (Å²) in [5.74, 6) is 0.101. The molecule has 1 aromatic heterocycles. The average Bonchev–Trinajstić information content (AvgIpc) is 3.25. The molecule has 1 aromatic carbocycles. The Labute approximate surface area is 182 Å². The standard InChI is InChI=1S/C24H29NO6/c1-6-29-18-10-8-17(13-15(18)4)22(26)20-21(19-9-7-16(5)31-19)25(24(28)23(20)27)11-12-30-14(2)3/h7-10,13-14,21,26H,6,11-12H2,1-5H3/b22-20-. The largest absolute Gasteiger partial charge is 0.507 e. The lowest BCUT2D eigenvalue weighted by molar-refractivity contribution is -0.140. The maximum absolute atomic E-state index is 13.0. The Kier molecular flexibility index (Phi) is 6.85. The van der Waals surface area contributed by atoms with E-state index in [1.807, 2.05) is 27.7 Å². The summed E-state index contributed by atoms with van der Waals surface area (Å²) in [5, 5.41) is 11.1. The molecule has 1 unspecified atom stereocenters. The number of likely N-dealkylation sites (tertiary alicyclic amines) is 1. The second-order valence-corrected chi connectivity index (χ2v) is 7.77. The Morgan fingerprint density at radius 2 is 1.94 bits per heavy atom. The fraction of sp³-hybridized carbons (Fsp3) is 0.417. The molecule has 3 rings (SSSR count). The number of benzene rings is 1. The molecule has 2 heterocycles. The molecule has 1 atom stereocenters. The molecule has 1 amide bonds. The number of hydrogen-bond donors (Lipinski definition) is 1. The van der Waals surface area contributed by atoms with Crippen LogP contribution in [0.4, 0.5) is 0 Å². The second-order valence-electron chi connectivity index (χ2n) is 7.77. The number of aliphatic hydroxyl groups is 1. The molecule has 0 saturated carbocycles. The lowest BCUT2D eigenvalue weighted by Crippen LogP contribution is -2.33. The molecule has 1 aliphatic rings. The SMILES string of the molecule is CCOc1ccc(/C(O)=C2/C(=O)C(=O)N(CCOC(C)C)C2c2ccc(C)o2)cc1C. The van der Waals surface area contributed by atoms with Crippen molar-refractivity contribution in [1.29, 1.82) is 0 Å². The molecule has 0 spiro atoms. The van der Waals surface area contributed by atoms with Crippen LogP contribution >= 0.6 is 0 Å². The molecular weight excluding hydrogens is 398 g/mol. The number of aliphatic hydroxyl groups excluding tert-OH is 1. The number of ether oxygens (including phenoxy) is 2. The zero-order valence-corrected chi connectivity index (χ0v) is 18.6. The van der Waals surface area contributed by atoms with Crippen LogP contribution < -0.4 is 4.74 Å². The predicted octanol–water partition coefficient (Wildman–Crippen LogP) is 4.14. The monoisotopic (exact) mass is 427 g/mol. The fourth-order valence-electron chi connectivity index (χ4n) is 3.66. The van der Waals surface area contributed by atoms with Crippen molar-refractivity contribution in [3.8, 4) is 5.75 Å².